The molecule has 1 heterocycles. The van der Waals surface area contributed by atoms with Gasteiger partial charge in [0.05, 0.1) is 0 Å². The van der Waals surface area contributed by atoms with Crippen molar-refractivity contribution in [1.29, 1.82) is 0 Å². The van der Waals surface area contributed by atoms with E-state index >= 15 is 0 Å². The van der Waals surface area contributed by atoms with Gasteiger partial charge in [0, 0.05) is 23.7 Å². The third-order valence-electron chi connectivity index (χ3n) is 3.76. The first kappa shape index (κ1) is 13.4. The van der Waals surface area contributed by atoms with Crippen molar-refractivity contribution < 1.29 is 0 Å². The number of anilines is 1. The zero-order valence-electron chi connectivity index (χ0n) is 11.4. The minimum Gasteiger partial charge on any atom is -0.366 e. The maximum absolute atomic E-state index is 5.80. The van der Waals surface area contributed by atoms with E-state index in [1.807, 2.05) is 0 Å². The molecular formula is C16H18ClN3. The van der Waals surface area contributed by atoms with E-state index in [4.69, 9.17) is 11.6 Å². The third-order valence-corrected chi connectivity index (χ3v) is 4.07. The number of aromatic nitrogens is 2. The van der Waals surface area contributed by atoms with E-state index in [0.717, 1.165) is 30.8 Å². The molecule has 0 bridgehead atoms. The summed E-state index contributed by atoms with van der Waals surface area (Å²) >= 11 is 5.80. The topological polar surface area (TPSA) is 37.8 Å². The third kappa shape index (κ3) is 2.93. The number of nitrogens with one attached hydrogen (secondary N) is 1. The molecule has 1 N–H and O–H groups in total. The summed E-state index contributed by atoms with van der Waals surface area (Å²) < 4.78 is 0. The highest BCUT2D eigenvalue weighted by atomic mass is 35.5. The molecule has 3 nitrogen and oxygen atoms in total. The highest BCUT2D eigenvalue weighted by Crippen LogP contribution is 2.24. The van der Waals surface area contributed by atoms with Gasteiger partial charge in [-0.2, -0.15) is 0 Å². The first-order valence-corrected chi connectivity index (χ1v) is 7.60. The molecule has 3 rings (SSSR count). The zero-order valence-corrected chi connectivity index (χ0v) is 12.2. The van der Waals surface area contributed by atoms with Crippen LogP contribution >= 0.6 is 11.6 Å². The summed E-state index contributed by atoms with van der Waals surface area (Å²) in [6.07, 6.45) is 6.31. The number of aryl methyl sites for hydroxylation is 1. The minimum atomic E-state index is 0.563. The molecule has 0 saturated heterocycles. The van der Waals surface area contributed by atoms with Crippen LogP contribution in [0.5, 0.6) is 0 Å². The maximum atomic E-state index is 5.80. The van der Waals surface area contributed by atoms with Gasteiger partial charge in [-0.3, -0.25) is 0 Å². The smallest absolute Gasteiger partial charge is 0.133 e. The fraction of sp³-hybridized carbons (Fsp3) is 0.375. The number of halogens is 1. The number of nitrogens with zero attached hydrogens (tertiary/aromatic N) is 2. The molecule has 0 saturated carbocycles. The number of hydrogen-bond donors (Lipinski definition) is 1. The average molecular weight is 288 g/mol. The number of rotatable bonds is 4. The van der Waals surface area contributed by atoms with Crippen molar-refractivity contribution in [1.82, 2.24) is 9.97 Å². The zero-order chi connectivity index (χ0) is 13.8. The highest BCUT2D eigenvalue weighted by molar-refractivity contribution is 6.17. The number of alkyl halides is 1. The Morgan fingerprint density at radius 2 is 1.75 bits per heavy atom. The molecule has 1 aromatic carbocycles. The van der Waals surface area contributed by atoms with E-state index in [1.165, 1.54) is 29.7 Å². The Morgan fingerprint density at radius 1 is 1.00 bits per heavy atom. The minimum absolute atomic E-state index is 0.563. The lowest BCUT2D eigenvalue weighted by Crippen LogP contribution is -2.12. The van der Waals surface area contributed by atoms with Crippen LogP contribution in [0.15, 0.2) is 30.6 Å². The first-order chi connectivity index (χ1) is 9.86. The molecule has 104 valence electrons. The van der Waals surface area contributed by atoms with Crippen LogP contribution in [0.3, 0.4) is 0 Å². The van der Waals surface area contributed by atoms with Crippen LogP contribution in [0.2, 0.25) is 0 Å². The van der Waals surface area contributed by atoms with Gasteiger partial charge < -0.3 is 5.32 Å². The Hall–Kier alpha value is -1.61. The van der Waals surface area contributed by atoms with Crippen LogP contribution in [0.25, 0.3) is 0 Å². The van der Waals surface area contributed by atoms with Crippen molar-refractivity contribution in [2.24, 2.45) is 0 Å². The Labute approximate surface area is 124 Å². The molecular weight excluding hydrogens is 270 g/mol. The average Bonchev–Trinajstić information content (AvgIpc) is 2.53. The summed E-state index contributed by atoms with van der Waals surface area (Å²) in [4.78, 5) is 8.79. The monoisotopic (exact) mass is 287 g/mol. The van der Waals surface area contributed by atoms with Crippen LogP contribution in [0, 0.1) is 0 Å². The molecule has 2 aromatic rings. The second-order valence-corrected chi connectivity index (χ2v) is 5.43. The summed E-state index contributed by atoms with van der Waals surface area (Å²) in [6.45, 7) is 0.784. The molecule has 0 aliphatic heterocycles. The molecule has 0 radical (unpaired) electrons. The second-order valence-electron chi connectivity index (χ2n) is 5.16. The lowest BCUT2D eigenvalue weighted by Gasteiger charge is -2.18. The van der Waals surface area contributed by atoms with Gasteiger partial charge in [0.25, 0.3) is 0 Å². The Bertz CT molecular complexity index is 581. The molecule has 1 aliphatic rings. The number of hydrogen-bond acceptors (Lipinski definition) is 3. The SMILES string of the molecule is ClCc1ccc(CNc2ncnc3c2CCCC3)cc1. The summed E-state index contributed by atoms with van der Waals surface area (Å²) in [5.41, 5.74) is 4.90. The van der Waals surface area contributed by atoms with E-state index in [1.54, 1.807) is 6.33 Å². The molecule has 1 aromatic heterocycles. The van der Waals surface area contributed by atoms with Crippen molar-refractivity contribution in [2.45, 2.75) is 38.1 Å². The van der Waals surface area contributed by atoms with Gasteiger partial charge in [0.15, 0.2) is 0 Å². The summed E-state index contributed by atoms with van der Waals surface area (Å²) in [5.74, 6) is 1.56. The van der Waals surface area contributed by atoms with E-state index in [0.29, 0.717) is 5.88 Å². The predicted octanol–water partition coefficient (Wildman–Crippen LogP) is 3.71. The van der Waals surface area contributed by atoms with Gasteiger partial charge in [-0.25, -0.2) is 9.97 Å². The second kappa shape index (κ2) is 6.23. The lowest BCUT2D eigenvalue weighted by molar-refractivity contribution is 0.663. The molecule has 0 fully saturated rings. The van der Waals surface area contributed by atoms with Crippen LogP contribution in [0.4, 0.5) is 5.82 Å². The van der Waals surface area contributed by atoms with Crippen LogP contribution in [0.1, 0.15) is 35.2 Å². The molecule has 0 amide bonds. The molecule has 1 aliphatic carbocycles. The fourth-order valence-corrected chi connectivity index (χ4v) is 2.78. The standard InChI is InChI=1S/C16H18ClN3/c17-9-12-5-7-13(8-6-12)10-18-16-14-3-1-2-4-15(14)19-11-20-16/h5-8,11H,1-4,9-10H2,(H,18,19,20). The van der Waals surface area contributed by atoms with E-state index in [2.05, 4.69) is 39.6 Å². The summed E-state index contributed by atoms with van der Waals surface area (Å²) in [6, 6.07) is 8.36. The van der Waals surface area contributed by atoms with Gasteiger partial charge in [0.2, 0.25) is 0 Å². The van der Waals surface area contributed by atoms with Crippen molar-refractivity contribution in [3.05, 3.63) is 53.0 Å². The summed E-state index contributed by atoms with van der Waals surface area (Å²) in [5, 5.41) is 3.44. The summed E-state index contributed by atoms with van der Waals surface area (Å²) in [7, 11) is 0. The Balaban J connectivity index is 1.71. The van der Waals surface area contributed by atoms with Crippen molar-refractivity contribution in [3.63, 3.8) is 0 Å². The fourth-order valence-electron chi connectivity index (χ4n) is 2.61. The molecule has 0 atom stereocenters. The van der Waals surface area contributed by atoms with Gasteiger partial charge in [-0.05, 0) is 36.8 Å². The highest BCUT2D eigenvalue weighted by Gasteiger charge is 2.14. The largest absolute Gasteiger partial charge is 0.366 e. The van der Waals surface area contributed by atoms with E-state index < -0.39 is 0 Å². The lowest BCUT2D eigenvalue weighted by atomic mass is 9.96. The van der Waals surface area contributed by atoms with E-state index in [9.17, 15) is 0 Å². The van der Waals surface area contributed by atoms with Gasteiger partial charge in [-0.15, -0.1) is 11.6 Å². The van der Waals surface area contributed by atoms with Crippen molar-refractivity contribution >= 4 is 17.4 Å². The van der Waals surface area contributed by atoms with Crippen LogP contribution in [-0.2, 0) is 25.3 Å². The maximum Gasteiger partial charge on any atom is 0.133 e. The first-order valence-electron chi connectivity index (χ1n) is 7.07. The number of benzene rings is 1. The molecule has 0 spiro atoms. The van der Waals surface area contributed by atoms with Crippen LogP contribution < -0.4 is 5.32 Å². The van der Waals surface area contributed by atoms with Crippen molar-refractivity contribution in [3.8, 4) is 0 Å². The van der Waals surface area contributed by atoms with Gasteiger partial charge in [0.1, 0.15) is 12.1 Å². The molecule has 0 unspecified atom stereocenters. The van der Waals surface area contributed by atoms with E-state index in [-0.39, 0.29) is 0 Å². The van der Waals surface area contributed by atoms with Gasteiger partial charge in [-0.1, -0.05) is 24.3 Å². The molecule has 20 heavy (non-hydrogen) atoms. The quantitative estimate of drug-likeness (QED) is 0.871. The van der Waals surface area contributed by atoms with Gasteiger partial charge >= 0.3 is 0 Å². The number of fused-ring (bicyclic) bond motifs is 1. The molecule has 4 heteroatoms. The Morgan fingerprint density at radius 3 is 2.55 bits per heavy atom. The Kier molecular flexibility index (Phi) is 4.16. The predicted molar refractivity (Wildman–Crippen MR) is 82.0 cm³/mol. The van der Waals surface area contributed by atoms with Crippen LogP contribution in [-0.4, -0.2) is 9.97 Å². The normalized spacial score (nSPS) is 13.8. The van der Waals surface area contributed by atoms with Crippen molar-refractivity contribution in [2.75, 3.05) is 5.32 Å².